The van der Waals surface area contributed by atoms with Crippen molar-refractivity contribution in [2.45, 2.75) is 70.8 Å². The van der Waals surface area contributed by atoms with Crippen LogP contribution in [0.4, 0.5) is 26.3 Å². The van der Waals surface area contributed by atoms with Gasteiger partial charge in [0.25, 0.3) is 5.60 Å². The fourth-order valence-electron chi connectivity index (χ4n) is 4.49. The molecule has 0 aromatic heterocycles. The van der Waals surface area contributed by atoms with E-state index < -0.39 is 41.1 Å². The van der Waals surface area contributed by atoms with Crippen molar-refractivity contribution in [2.24, 2.45) is 0 Å². The lowest BCUT2D eigenvalue weighted by Gasteiger charge is -2.42. The van der Waals surface area contributed by atoms with Crippen LogP contribution in [0.3, 0.4) is 0 Å². The molecule has 2 nitrogen and oxygen atoms in total. The minimum atomic E-state index is -5.72. The molecule has 0 N–H and O–H groups in total. The van der Waals surface area contributed by atoms with Crippen molar-refractivity contribution >= 4 is 10.9 Å². The van der Waals surface area contributed by atoms with Crippen LogP contribution in [0.5, 0.6) is 5.75 Å². The predicted octanol–water partition coefficient (Wildman–Crippen LogP) is 8.37. The Labute approximate surface area is 215 Å². The molecule has 3 aromatic carbocycles. The van der Waals surface area contributed by atoms with E-state index in [0.717, 1.165) is 14.7 Å². The van der Waals surface area contributed by atoms with Gasteiger partial charge in [0.1, 0.15) is 12.4 Å². The van der Waals surface area contributed by atoms with Gasteiger partial charge in [-0.3, -0.25) is 0 Å². The number of benzene rings is 3. The molecule has 1 aliphatic rings. The average Bonchev–Trinajstić information content (AvgIpc) is 3.29. The molecule has 0 saturated heterocycles. The molecule has 1 fully saturated rings. The molecule has 0 atom stereocenters. The van der Waals surface area contributed by atoms with Crippen LogP contribution in [0.15, 0.2) is 99.6 Å². The molecular weight excluding hydrogens is 514 g/mol. The lowest BCUT2D eigenvalue weighted by Crippen LogP contribution is -2.65. The molecule has 198 valence electrons. The zero-order chi connectivity index (χ0) is 26.7. The molecule has 0 radical (unpaired) electrons. The zero-order valence-electron chi connectivity index (χ0n) is 20.1. The van der Waals surface area contributed by atoms with Crippen molar-refractivity contribution in [3.63, 3.8) is 0 Å². The highest BCUT2D eigenvalue weighted by Gasteiger charge is 2.74. The quantitative estimate of drug-likeness (QED) is 0.211. The van der Waals surface area contributed by atoms with E-state index in [9.17, 15) is 26.3 Å². The SMILES string of the molecule is CC1(OC(COc2ccc([S+](c3ccccc3)c3ccccc3)cc2)(C(F)(F)F)C(F)(F)F)CCCC1. The zero-order valence-corrected chi connectivity index (χ0v) is 20.9. The van der Waals surface area contributed by atoms with E-state index in [-0.39, 0.29) is 18.6 Å². The van der Waals surface area contributed by atoms with Gasteiger partial charge in [-0.05, 0) is 68.3 Å². The lowest BCUT2D eigenvalue weighted by atomic mass is 9.98. The Morgan fingerprint density at radius 2 is 1.11 bits per heavy atom. The Morgan fingerprint density at radius 1 is 0.676 bits per heavy atom. The fraction of sp³-hybridized carbons (Fsp3) is 0.357. The Kier molecular flexibility index (Phi) is 7.85. The lowest BCUT2D eigenvalue weighted by molar-refractivity contribution is -0.406. The predicted molar refractivity (Wildman–Crippen MR) is 130 cm³/mol. The highest BCUT2D eigenvalue weighted by Crippen LogP contribution is 2.50. The summed E-state index contributed by atoms with van der Waals surface area (Å²) in [7, 11) is -0.521. The molecule has 0 spiro atoms. The summed E-state index contributed by atoms with van der Waals surface area (Å²) in [4.78, 5) is 2.89. The molecule has 3 aromatic rings. The normalized spacial score (nSPS) is 16.2. The molecule has 4 rings (SSSR count). The molecule has 37 heavy (non-hydrogen) atoms. The summed E-state index contributed by atoms with van der Waals surface area (Å²) < 4.78 is 94.2. The van der Waals surface area contributed by atoms with Crippen LogP contribution < -0.4 is 4.74 Å². The number of hydrogen-bond donors (Lipinski definition) is 0. The number of ether oxygens (including phenoxy) is 2. The van der Waals surface area contributed by atoms with E-state index in [1.54, 1.807) is 12.1 Å². The number of hydrogen-bond acceptors (Lipinski definition) is 2. The summed E-state index contributed by atoms with van der Waals surface area (Å²) >= 11 is 0. The van der Waals surface area contributed by atoms with E-state index in [0.29, 0.717) is 12.8 Å². The third kappa shape index (κ3) is 5.93. The maximum absolute atomic E-state index is 14.0. The molecular formula is C28H27F6O2S+. The van der Waals surface area contributed by atoms with Gasteiger partial charge in [0, 0.05) is 0 Å². The van der Waals surface area contributed by atoms with E-state index in [2.05, 4.69) is 0 Å². The van der Waals surface area contributed by atoms with Crippen molar-refractivity contribution in [3.05, 3.63) is 84.9 Å². The highest BCUT2D eigenvalue weighted by molar-refractivity contribution is 7.97. The van der Waals surface area contributed by atoms with Crippen LogP contribution in [0, 0.1) is 0 Å². The topological polar surface area (TPSA) is 18.5 Å². The maximum Gasteiger partial charge on any atom is 0.430 e. The van der Waals surface area contributed by atoms with Gasteiger partial charge in [0.05, 0.1) is 16.5 Å². The third-order valence-electron chi connectivity index (χ3n) is 6.46. The van der Waals surface area contributed by atoms with Gasteiger partial charge in [-0.15, -0.1) is 0 Å². The van der Waals surface area contributed by atoms with Crippen LogP contribution in [0.25, 0.3) is 0 Å². The van der Waals surface area contributed by atoms with E-state index in [4.69, 9.17) is 9.47 Å². The fourth-order valence-corrected chi connectivity index (χ4v) is 6.58. The monoisotopic (exact) mass is 541 g/mol. The number of alkyl halides is 6. The number of halogens is 6. The summed E-state index contributed by atoms with van der Waals surface area (Å²) in [5, 5.41) is 0. The van der Waals surface area contributed by atoms with Gasteiger partial charge >= 0.3 is 12.4 Å². The molecule has 0 bridgehead atoms. The summed E-state index contributed by atoms with van der Waals surface area (Å²) in [5.41, 5.74) is -5.96. The van der Waals surface area contributed by atoms with E-state index >= 15 is 0 Å². The molecule has 1 aliphatic carbocycles. The van der Waals surface area contributed by atoms with Gasteiger partial charge in [-0.25, -0.2) is 0 Å². The maximum atomic E-state index is 14.0. The second kappa shape index (κ2) is 10.6. The number of rotatable bonds is 8. The minimum absolute atomic E-state index is 0.105. The molecule has 9 heteroatoms. The molecule has 0 heterocycles. The van der Waals surface area contributed by atoms with Crippen molar-refractivity contribution in [2.75, 3.05) is 6.61 Å². The van der Waals surface area contributed by atoms with E-state index in [1.807, 2.05) is 60.7 Å². The van der Waals surface area contributed by atoms with Crippen molar-refractivity contribution < 1.29 is 35.8 Å². The van der Waals surface area contributed by atoms with E-state index in [1.165, 1.54) is 19.1 Å². The molecule has 0 aliphatic heterocycles. The minimum Gasteiger partial charge on any atom is -0.490 e. The molecule has 0 unspecified atom stereocenters. The Morgan fingerprint density at radius 3 is 1.54 bits per heavy atom. The van der Waals surface area contributed by atoms with Crippen LogP contribution in [-0.2, 0) is 15.6 Å². The van der Waals surface area contributed by atoms with Crippen LogP contribution in [0.2, 0.25) is 0 Å². The van der Waals surface area contributed by atoms with Gasteiger partial charge in [0.15, 0.2) is 14.7 Å². The Bertz CT molecular complexity index is 1090. The summed E-state index contributed by atoms with van der Waals surface area (Å²) in [6, 6.07) is 25.5. The highest BCUT2D eigenvalue weighted by atomic mass is 32.2. The van der Waals surface area contributed by atoms with Gasteiger partial charge in [-0.2, -0.15) is 26.3 Å². The van der Waals surface area contributed by atoms with Crippen LogP contribution >= 0.6 is 0 Å². The summed E-state index contributed by atoms with van der Waals surface area (Å²) in [6.07, 6.45) is -10.2. The van der Waals surface area contributed by atoms with Gasteiger partial charge in [-0.1, -0.05) is 49.2 Å². The standard InChI is InChI=1S/C28H27F6O2S/c1-25(18-8-9-19-25)36-26(27(29,30)31,28(32,33)34)20-35-21-14-16-24(17-15-21)37(22-10-4-2-5-11-22)23-12-6-3-7-13-23/h2-7,10-17H,8-9,18-20H2,1H3/q+1. The summed E-state index contributed by atoms with van der Waals surface area (Å²) in [5.74, 6) is -0.105. The summed E-state index contributed by atoms with van der Waals surface area (Å²) in [6.45, 7) is -0.423. The van der Waals surface area contributed by atoms with Crippen molar-refractivity contribution in [1.82, 2.24) is 0 Å². The largest absolute Gasteiger partial charge is 0.490 e. The third-order valence-corrected chi connectivity index (χ3v) is 8.69. The second-order valence-corrected chi connectivity index (χ2v) is 11.3. The molecule has 1 saturated carbocycles. The Balaban J connectivity index is 1.61. The van der Waals surface area contributed by atoms with Gasteiger partial charge < -0.3 is 9.47 Å². The second-order valence-electron chi connectivity index (χ2n) is 9.27. The van der Waals surface area contributed by atoms with Crippen molar-refractivity contribution in [3.8, 4) is 5.75 Å². The first-order chi connectivity index (χ1) is 17.4. The van der Waals surface area contributed by atoms with Crippen LogP contribution in [-0.4, -0.2) is 30.2 Å². The first-order valence-electron chi connectivity index (χ1n) is 11.9. The van der Waals surface area contributed by atoms with Crippen molar-refractivity contribution in [1.29, 1.82) is 0 Å². The smallest absolute Gasteiger partial charge is 0.430 e. The first-order valence-corrected chi connectivity index (χ1v) is 13.1. The molecule has 0 amide bonds. The Hall–Kier alpha value is -2.65. The van der Waals surface area contributed by atoms with Crippen LogP contribution in [0.1, 0.15) is 32.6 Å². The first kappa shape index (κ1) is 27.4. The average molecular weight is 542 g/mol. The van der Waals surface area contributed by atoms with Gasteiger partial charge in [0.2, 0.25) is 0 Å².